The second-order valence-electron chi connectivity index (χ2n) is 5.94. The van der Waals surface area contributed by atoms with Crippen LogP contribution in [0.25, 0.3) is 0 Å². The van der Waals surface area contributed by atoms with Gasteiger partial charge in [0.05, 0.1) is 13.7 Å². The fraction of sp³-hybridized carbons (Fsp3) is 0.368. The molecule has 1 aliphatic heterocycles. The minimum Gasteiger partial charge on any atom is -0.496 e. The summed E-state index contributed by atoms with van der Waals surface area (Å²) in [6, 6.07) is 16.6. The summed E-state index contributed by atoms with van der Waals surface area (Å²) in [7, 11) is 1.74. The Morgan fingerprint density at radius 3 is 2.55 bits per heavy atom. The minimum absolute atomic E-state index is 0.111. The highest BCUT2D eigenvalue weighted by Gasteiger charge is 2.25. The summed E-state index contributed by atoms with van der Waals surface area (Å²) in [5.74, 6) is 1.55. The number of para-hydroxylation sites is 1. The zero-order valence-electron chi connectivity index (χ0n) is 13.0. The number of rotatable bonds is 5. The normalized spacial score (nSPS) is 18.5. The monoisotopic (exact) mass is 297 g/mol. The van der Waals surface area contributed by atoms with Crippen molar-refractivity contribution in [3.05, 3.63) is 65.2 Å². The first-order valence-corrected chi connectivity index (χ1v) is 7.84. The molecule has 1 aliphatic rings. The number of nitrogens with zero attached hydrogens (tertiary/aromatic N) is 1. The van der Waals surface area contributed by atoms with E-state index in [0.717, 1.165) is 30.9 Å². The molecule has 0 aliphatic carbocycles. The molecule has 0 spiro atoms. The Kier molecular flexibility index (Phi) is 4.76. The van der Waals surface area contributed by atoms with E-state index < -0.39 is 0 Å². The maximum absolute atomic E-state index is 9.10. The summed E-state index contributed by atoms with van der Waals surface area (Å²) in [4.78, 5) is 2.49. The lowest BCUT2D eigenvalue weighted by Crippen LogP contribution is -2.19. The molecule has 1 saturated heterocycles. The fourth-order valence-electron chi connectivity index (χ4n) is 3.24. The number of aliphatic hydroxyl groups is 1. The molecule has 3 heteroatoms. The van der Waals surface area contributed by atoms with E-state index in [-0.39, 0.29) is 6.61 Å². The highest BCUT2D eigenvalue weighted by molar-refractivity contribution is 5.37. The summed E-state index contributed by atoms with van der Waals surface area (Å²) in [5.41, 5.74) is 3.60. The zero-order valence-corrected chi connectivity index (χ0v) is 13.0. The Labute approximate surface area is 132 Å². The van der Waals surface area contributed by atoms with E-state index in [9.17, 15) is 0 Å². The predicted octanol–water partition coefficient (Wildman–Crippen LogP) is 3.18. The molecule has 0 radical (unpaired) electrons. The van der Waals surface area contributed by atoms with Gasteiger partial charge in [0, 0.05) is 19.0 Å². The maximum Gasteiger partial charge on any atom is 0.122 e. The molecule has 2 aromatic rings. The quantitative estimate of drug-likeness (QED) is 0.920. The van der Waals surface area contributed by atoms with Crippen LogP contribution in [0.4, 0.5) is 0 Å². The van der Waals surface area contributed by atoms with E-state index in [1.165, 1.54) is 17.5 Å². The third-order valence-electron chi connectivity index (χ3n) is 4.46. The number of likely N-dealkylation sites (tertiary alicyclic amines) is 1. The topological polar surface area (TPSA) is 32.7 Å². The van der Waals surface area contributed by atoms with Crippen LogP contribution in [0.15, 0.2) is 48.5 Å². The molecule has 1 atom stereocenters. The van der Waals surface area contributed by atoms with Crippen molar-refractivity contribution in [3.63, 3.8) is 0 Å². The van der Waals surface area contributed by atoms with Crippen LogP contribution in [0.5, 0.6) is 5.75 Å². The first-order chi connectivity index (χ1) is 10.8. The molecule has 1 N–H and O–H groups in total. The average Bonchev–Trinajstić information content (AvgIpc) is 3.04. The number of ether oxygens (including phenoxy) is 1. The molecule has 1 heterocycles. The van der Waals surface area contributed by atoms with Crippen molar-refractivity contribution in [2.24, 2.45) is 0 Å². The van der Waals surface area contributed by atoms with Gasteiger partial charge in [-0.3, -0.25) is 4.90 Å². The van der Waals surface area contributed by atoms with Crippen LogP contribution in [0.3, 0.4) is 0 Å². The van der Waals surface area contributed by atoms with E-state index in [4.69, 9.17) is 9.84 Å². The van der Waals surface area contributed by atoms with Crippen LogP contribution >= 0.6 is 0 Å². The lowest BCUT2D eigenvalue weighted by molar-refractivity contribution is 0.281. The van der Waals surface area contributed by atoms with Crippen LogP contribution in [-0.4, -0.2) is 30.2 Å². The van der Waals surface area contributed by atoms with Crippen molar-refractivity contribution < 1.29 is 9.84 Å². The van der Waals surface area contributed by atoms with Crippen LogP contribution in [0.1, 0.15) is 29.0 Å². The summed E-state index contributed by atoms with van der Waals surface area (Å²) in [6.07, 6.45) is 1.18. The molecule has 0 bridgehead atoms. The van der Waals surface area contributed by atoms with Crippen molar-refractivity contribution in [3.8, 4) is 5.75 Å². The van der Waals surface area contributed by atoms with E-state index in [1.54, 1.807) is 7.11 Å². The van der Waals surface area contributed by atoms with Crippen molar-refractivity contribution in [1.82, 2.24) is 4.90 Å². The maximum atomic E-state index is 9.10. The van der Waals surface area contributed by atoms with Crippen LogP contribution in [-0.2, 0) is 13.2 Å². The molecule has 3 rings (SSSR count). The Morgan fingerprint density at radius 2 is 1.82 bits per heavy atom. The molecule has 1 unspecified atom stereocenters. The molecule has 116 valence electrons. The first-order valence-electron chi connectivity index (χ1n) is 7.84. The van der Waals surface area contributed by atoms with Crippen molar-refractivity contribution in [2.45, 2.75) is 25.5 Å². The Morgan fingerprint density at radius 1 is 1.09 bits per heavy atom. The number of benzene rings is 2. The van der Waals surface area contributed by atoms with Gasteiger partial charge in [0.25, 0.3) is 0 Å². The smallest absolute Gasteiger partial charge is 0.122 e. The largest absolute Gasteiger partial charge is 0.496 e. The Hall–Kier alpha value is -1.84. The highest BCUT2D eigenvalue weighted by Crippen LogP contribution is 2.33. The van der Waals surface area contributed by atoms with Gasteiger partial charge < -0.3 is 9.84 Å². The van der Waals surface area contributed by atoms with Crippen molar-refractivity contribution >= 4 is 0 Å². The lowest BCUT2D eigenvalue weighted by atomic mass is 9.97. The van der Waals surface area contributed by atoms with E-state index in [1.807, 2.05) is 24.3 Å². The number of hydrogen-bond acceptors (Lipinski definition) is 3. The van der Waals surface area contributed by atoms with Gasteiger partial charge in [-0.2, -0.15) is 0 Å². The standard InChI is InChI=1S/C19H23NO2/c1-22-19-5-3-2-4-18(19)17-10-11-20(13-17)12-15-6-8-16(14-21)9-7-15/h2-9,17,21H,10-14H2,1H3. The Bertz CT molecular complexity index is 609. The molecule has 1 fully saturated rings. The molecule has 2 aromatic carbocycles. The van der Waals surface area contributed by atoms with E-state index >= 15 is 0 Å². The van der Waals surface area contributed by atoms with Crippen molar-refractivity contribution in [2.75, 3.05) is 20.2 Å². The third kappa shape index (κ3) is 3.32. The van der Waals surface area contributed by atoms with Crippen LogP contribution in [0, 0.1) is 0 Å². The molecular formula is C19H23NO2. The van der Waals surface area contributed by atoms with Gasteiger partial charge in [-0.15, -0.1) is 0 Å². The molecule has 0 amide bonds. The molecule has 0 aromatic heterocycles. The average molecular weight is 297 g/mol. The minimum atomic E-state index is 0.111. The molecule has 22 heavy (non-hydrogen) atoms. The van der Waals surface area contributed by atoms with Gasteiger partial charge in [-0.25, -0.2) is 0 Å². The number of hydrogen-bond donors (Lipinski definition) is 1. The van der Waals surface area contributed by atoms with E-state index in [0.29, 0.717) is 5.92 Å². The van der Waals surface area contributed by atoms with Gasteiger partial charge in [-0.1, -0.05) is 42.5 Å². The lowest BCUT2D eigenvalue weighted by Gasteiger charge is -2.17. The number of aliphatic hydroxyl groups excluding tert-OH is 1. The first kappa shape index (κ1) is 15.1. The molecule has 0 saturated carbocycles. The second kappa shape index (κ2) is 6.95. The summed E-state index contributed by atoms with van der Waals surface area (Å²) < 4.78 is 5.49. The van der Waals surface area contributed by atoms with Gasteiger partial charge >= 0.3 is 0 Å². The van der Waals surface area contributed by atoms with Gasteiger partial charge in [-0.05, 0) is 35.7 Å². The van der Waals surface area contributed by atoms with Crippen LogP contribution < -0.4 is 4.74 Å². The fourth-order valence-corrected chi connectivity index (χ4v) is 3.24. The summed E-state index contributed by atoms with van der Waals surface area (Å²) >= 11 is 0. The highest BCUT2D eigenvalue weighted by atomic mass is 16.5. The van der Waals surface area contributed by atoms with Gasteiger partial charge in [0.2, 0.25) is 0 Å². The van der Waals surface area contributed by atoms with Crippen molar-refractivity contribution in [1.29, 1.82) is 0 Å². The number of methoxy groups -OCH3 is 1. The SMILES string of the molecule is COc1ccccc1C1CCN(Cc2ccc(CO)cc2)C1. The zero-order chi connectivity index (χ0) is 15.4. The molecular weight excluding hydrogens is 274 g/mol. The predicted molar refractivity (Wildman–Crippen MR) is 88.0 cm³/mol. The van der Waals surface area contributed by atoms with E-state index in [2.05, 4.69) is 29.2 Å². The van der Waals surface area contributed by atoms with Gasteiger partial charge in [0.1, 0.15) is 5.75 Å². The summed E-state index contributed by atoms with van der Waals surface area (Å²) in [5, 5.41) is 9.10. The summed E-state index contributed by atoms with van der Waals surface area (Å²) in [6.45, 7) is 3.27. The third-order valence-corrected chi connectivity index (χ3v) is 4.46. The second-order valence-corrected chi connectivity index (χ2v) is 5.94. The Balaban J connectivity index is 1.64. The molecule has 3 nitrogen and oxygen atoms in total. The van der Waals surface area contributed by atoms with Gasteiger partial charge in [0.15, 0.2) is 0 Å². The van der Waals surface area contributed by atoms with Crippen LogP contribution in [0.2, 0.25) is 0 Å².